The zero-order chi connectivity index (χ0) is 10.8. The molecule has 5 heteroatoms. The van der Waals surface area contributed by atoms with Crippen LogP contribution in [0.1, 0.15) is 19.8 Å². The number of likely N-dealkylation sites (tertiary alicyclic amines) is 1. The summed E-state index contributed by atoms with van der Waals surface area (Å²) in [6.07, 6.45) is 0.800. The molecule has 3 nitrogen and oxygen atoms in total. The lowest BCUT2D eigenvalue weighted by Crippen LogP contribution is -2.33. The van der Waals surface area contributed by atoms with Crippen molar-refractivity contribution in [3.05, 3.63) is 0 Å². The third-order valence-electron chi connectivity index (χ3n) is 2.33. The van der Waals surface area contributed by atoms with Crippen LogP contribution in [0.5, 0.6) is 0 Å². The molecular weight excluding hydrogens is 192 g/mol. The first-order valence-corrected chi connectivity index (χ1v) is 4.69. The fourth-order valence-corrected chi connectivity index (χ4v) is 1.86. The second-order valence-electron chi connectivity index (χ2n) is 4.06. The number of carboxylic acid groups (broad SMARTS) is 1. The summed E-state index contributed by atoms with van der Waals surface area (Å²) in [5.41, 5.74) is 0. The summed E-state index contributed by atoms with van der Waals surface area (Å²) in [4.78, 5) is 12.0. The van der Waals surface area contributed by atoms with E-state index in [9.17, 15) is 13.6 Å². The van der Waals surface area contributed by atoms with Gasteiger partial charge in [-0.2, -0.15) is 0 Å². The zero-order valence-electron chi connectivity index (χ0n) is 8.17. The van der Waals surface area contributed by atoms with E-state index in [2.05, 4.69) is 0 Å². The van der Waals surface area contributed by atoms with Crippen molar-refractivity contribution in [3.8, 4) is 0 Å². The van der Waals surface area contributed by atoms with Gasteiger partial charge in [0.15, 0.2) is 0 Å². The molecular formula is C9H15F2NO2. The molecule has 1 rings (SSSR count). The largest absolute Gasteiger partial charge is 0.481 e. The average Bonchev–Trinajstić information content (AvgIpc) is 2.30. The second-order valence-corrected chi connectivity index (χ2v) is 4.06. The number of hydrogen-bond donors (Lipinski definition) is 1. The fraction of sp³-hybridized carbons (Fsp3) is 0.889. The molecule has 0 aliphatic carbocycles. The minimum absolute atomic E-state index is 0.0369. The van der Waals surface area contributed by atoms with Gasteiger partial charge in [0.1, 0.15) is 0 Å². The maximum atomic E-state index is 12.6. The van der Waals surface area contributed by atoms with Crippen LogP contribution in [-0.4, -0.2) is 41.5 Å². The molecule has 1 saturated heterocycles. The molecule has 0 aromatic heterocycles. The van der Waals surface area contributed by atoms with E-state index < -0.39 is 11.9 Å². The van der Waals surface area contributed by atoms with E-state index in [0.717, 1.165) is 6.92 Å². The maximum absolute atomic E-state index is 12.6. The topological polar surface area (TPSA) is 40.5 Å². The highest BCUT2D eigenvalue weighted by atomic mass is 19.3. The van der Waals surface area contributed by atoms with Crippen molar-refractivity contribution in [1.29, 1.82) is 0 Å². The Labute approximate surface area is 81.7 Å². The Kier molecular flexibility index (Phi) is 3.42. The number of nitrogens with zero attached hydrogens (tertiary/aromatic N) is 1. The van der Waals surface area contributed by atoms with Gasteiger partial charge in [0.05, 0.1) is 6.54 Å². The van der Waals surface area contributed by atoms with Crippen LogP contribution in [0.3, 0.4) is 0 Å². The van der Waals surface area contributed by atoms with Crippen molar-refractivity contribution >= 4 is 5.97 Å². The molecule has 1 aliphatic rings. The van der Waals surface area contributed by atoms with Crippen molar-refractivity contribution in [2.24, 2.45) is 5.92 Å². The number of rotatable bonds is 4. The molecule has 1 heterocycles. The number of carboxylic acids is 1. The van der Waals surface area contributed by atoms with E-state index >= 15 is 0 Å². The van der Waals surface area contributed by atoms with Gasteiger partial charge in [-0.25, -0.2) is 8.78 Å². The molecule has 0 saturated carbocycles. The summed E-state index contributed by atoms with van der Waals surface area (Å²) in [5.74, 6) is -3.49. The zero-order valence-corrected chi connectivity index (χ0v) is 8.17. The predicted molar refractivity (Wildman–Crippen MR) is 47.4 cm³/mol. The first-order valence-electron chi connectivity index (χ1n) is 4.69. The van der Waals surface area contributed by atoms with Crippen molar-refractivity contribution in [2.75, 3.05) is 19.6 Å². The Morgan fingerprint density at radius 3 is 2.79 bits per heavy atom. The van der Waals surface area contributed by atoms with E-state index in [-0.39, 0.29) is 18.9 Å². The molecule has 0 spiro atoms. The van der Waals surface area contributed by atoms with Gasteiger partial charge in [-0.05, 0) is 18.9 Å². The number of alkyl halides is 2. The van der Waals surface area contributed by atoms with Gasteiger partial charge in [0.25, 0.3) is 5.92 Å². The highest BCUT2D eigenvalue weighted by Crippen LogP contribution is 2.23. The van der Waals surface area contributed by atoms with E-state index in [1.54, 1.807) is 4.90 Å². The van der Waals surface area contributed by atoms with E-state index in [1.165, 1.54) is 0 Å². The molecule has 0 aromatic rings. The van der Waals surface area contributed by atoms with Crippen LogP contribution in [-0.2, 0) is 4.79 Å². The van der Waals surface area contributed by atoms with Crippen LogP contribution >= 0.6 is 0 Å². The number of hydrogen-bond acceptors (Lipinski definition) is 2. The molecule has 0 bridgehead atoms. The van der Waals surface area contributed by atoms with Crippen molar-refractivity contribution in [1.82, 2.24) is 4.90 Å². The van der Waals surface area contributed by atoms with Crippen molar-refractivity contribution in [3.63, 3.8) is 0 Å². The molecule has 0 radical (unpaired) electrons. The van der Waals surface area contributed by atoms with E-state index in [4.69, 9.17) is 5.11 Å². The average molecular weight is 207 g/mol. The number of aliphatic carboxylic acids is 1. The molecule has 14 heavy (non-hydrogen) atoms. The van der Waals surface area contributed by atoms with Gasteiger partial charge < -0.3 is 5.11 Å². The highest BCUT2D eigenvalue weighted by Gasteiger charge is 2.31. The molecule has 1 atom stereocenters. The SMILES string of the molecule is CC(F)(F)CN1CCC(CC(=O)O)C1. The molecule has 1 N–H and O–H groups in total. The standard InChI is InChI=1S/C9H15F2NO2/c1-9(10,11)6-12-3-2-7(5-12)4-8(13)14/h7H,2-6H2,1H3,(H,13,14). The van der Waals surface area contributed by atoms with Crippen molar-refractivity contribution in [2.45, 2.75) is 25.7 Å². The summed E-state index contributed by atoms with van der Waals surface area (Å²) in [5, 5.41) is 8.53. The fourth-order valence-electron chi connectivity index (χ4n) is 1.86. The Balaban J connectivity index is 2.31. The molecule has 0 amide bonds. The van der Waals surface area contributed by atoms with E-state index in [1.807, 2.05) is 0 Å². The van der Waals surface area contributed by atoms with Gasteiger partial charge in [-0.3, -0.25) is 9.69 Å². The Morgan fingerprint density at radius 1 is 1.64 bits per heavy atom. The van der Waals surface area contributed by atoms with Gasteiger partial charge in [-0.15, -0.1) is 0 Å². The van der Waals surface area contributed by atoms with Crippen LogP contribution in [0.15, 0.2) is 0 Å². The van der Waals surface area contributed by atoms with Gasteiger partial charge in [-0.1, -0.05) is 0 Å². The minimum atomic E-state index is -2.68. The summed E-state index contributed by atoms with van der Waals surface area (Å²) in [7, 11) is 0. The summed E-state index contributed by atoms with van der Waals surface area (Å²) in [6, 6.07) is 0. The van der Waals surface area contributed by atoms with Gasteiger partial charge in [0, 0.05) is 19.9 Å². The Morgan fingerprint density at radius 2 is 2.29 bits per heavy atom. The first kappa shape index (κ1) is 11.4. The first-order chi connectivity index (χ1) is 6.37. The predicted octanol–water partition coefficient (Wildman–Crippen LogP) is 1.44. The lowest BCUT2D eigenvalue weighted by Gasteiger charge is -2.19. The third-order valence-corrected chi connectivity index (χ3v) is 2.33. The summed E-state index contributed by atoms with van der Waals surface area (Å²) in [6.45, 7) is 1.69. The maximum Gasteiger partial charge on any atom is 0.303 e. The Bertz CT molecular complexity index is 215. The van der Waals surface area contributed by atoms with Crippen LogP contribution in [0.25, 0.3) is 0 Å². The molecule has 1 unspecified atom stereocenters. The van der Waals surface area contributed by atoms with Crippen LogP contribution in [0.4, 0.5) is 8.78 Å². The number of halogens is 2. The van der Waals surface area contributed by atoms with Crippen LogP contribution in [0.2, 0.25) is 0 Å². The summed E-state index contributed by atoms with van der Waals surface area (Å²) < 4.78 is 25.2. The summed E-state index contributed by atoms with van der Waals surface area (Å²) >= 11 is 0. The molecule has 1 fully saturated rings. The molecule has 0 aromatic carbocycles. The smallest absolute Gasteiger partial charge is 0.303 e. The van der Waals surface area contributed by atoms with Crippen LogP contribution < -0.4 is 0 Å². The quantitative estimate of drug-likeness (QED) is 0.758. The second kappa shape index (κ2) is 4.21. The van der Waals surface area contributed by atoms with Crippen molar-refractivity contribution < 1.29 is 18.7 Å². The lowest BCUT2D eigenvalue weighted by molar-refractivity contribution is -0.138. The number of carbonyl (C=O) groups is 1. The van der Waals surface area contributed by atoms with Gasteiger partial charge >= 0.3 is 5.97 Å². The lowest BCUT2D eigenvalue weighted by atomic mass is 10.1. The monoisotopic (exact) mass is 207 g/mol. The highest BCUT2D eigenvalue weighted by molar-refractivity contribution is 5.67. The minimum Gasteiger partial charge on any atom is -0.481 e. The Hall–Kier alpha value is -0.710. The third kappa shape index (κ3) is 4.00. The van der Waals surface area contributed by atoms with Crippen LogP contribution in [0, 0.1) is 5.92 Å². The van der Waals surface area contributed by atoms with E-state index in [0.29, 0.717) is 19.5 Å². The normalized spacial score (nSPS) is 24.1. The molecule has 82 valence electrons. The molecule has 1 aliphatic heterocycles. The van der Waals surface area contributed by atoms with Gasteiger partial charge in [0.2, 0.25) is 0 Å².